The van der Waals surface area contributed by atoms with Crippen LogP contribution in [0.25, 0.3) is 0 Å². The zero-order valence-electron chi connectivity index (χ0n) is 11.5. The number of nitrogens with one attached hydrogen (secondary N) is 2. The molecule has 3 rings (SSSR count). The smallest absolute Gasteiger partial charge is 0.226 e. The summed E-state index contributed by atoms with van der Waals surface area (Å²) in [6, 6.07) is 3.48. The summed E-state index contributed by atoms with van der Waals surface area (Å²) in [5.41, 5.74) is 1.90. The van der Waals surface area contributed by atoms with Crippen molar-refractivity contribution in [3.63, 3.8) is 0 Å². The van der Waals surface area contributed by atoms with Crippen LogP contribution in [-0.4, -0.2) is 27.4 Å². The molecule has 0 unspecified atom stereocenters. The van der Waals surface area contributed by atoms with E-state index >= 15 is 0 Å². The summed E-state index contributed by atoms with van der Waals surface area (Å²) in [5.74, 6) is -0.554. The Morgan fingerprint density at radius 1 is 1.48 bits per heavy atom. The highest BCUT2D eigenvalue weighted by molar-refractivity contribution is 5.91. The molecule has 0 spiro atoms. The number of amides is 1. The number of aryl methyl sites for hydroxylation is 1. The van der Waals surface area contributed by atoms with E-state index in [1.54, 1.807) is 23.1 Å². The zero-order chi connectivity index (χ0) is 14.7. The van der Waals surface area contributed by atoms with Gasteiger partial charge in [0.1, 0.15) is 5.82 Å². The first-order valence-corrected chi connectivity index (χ1v) is 6.89. The Bertz CT molecular complexity index is 641. The van der Waals surface area contributed by atoms with Crippen molar-refractivity contribution in [2.75, 3.05) is 11.9 Å². The van der Waals surface area contributed by atoms with Crippen molar-refractivity contribution in [1.82, 2.24) is 20.3 Å². The number of carbonyl (C=O) groups excluding carboxylic acids is 1. The molecule has 21 heavy (non-hydrogen) atoms. The van der Waals surface area contributed by atoms with Crippen molar-refractivity contribution < 1.29 is 9.18 Å². The standard InChI is InChI=1S/C14H16FN5O/c15-14-11-3-5-16-9-10(11)1-2-12(14)18-13(21)4-7-20-8-6-17-19-20/h1-2,6,8,16H,3-5,7,9H2,(H,18,21). The van der Waals surface area contributed by atoms with E-state index in [1.807, 2.05) is 6.07 Å². The van der Waals surface area contributed by atoms with Crippen LogP contribution >= 0.6 is 0 Å². The highest BCUT2D eigenvalue weighted by Crippen LogP contribution is 2.24. The lowest BCUT2D eigenvalue weighted by Crippen LogP contribution is -2.25. The van der Waals surface area contributed by atoms with Crippen LogP contribution in [0.2, 0.25) is 0 Å². The third-order valence-electron chi connectivity index (χ3n) is 3.52. The maximum atomic E-state index is 14.4. The summed E-state index contributed by atoms with van der Waals surface area (Å²) in [4.78, 5) is 11.9. The summed E-state index contributed by atoms with van der Waals surface area (Å²) in [6.07, 6.45) is 4.10. The van der Waals surface area contributed by atoms with Crippen molar-refractivity contribution in [1.29, 1.82) is 0 Å². The Labute approximate surface area is 121 Å². The van der Waals surface area contributed by atoms with E-state index in [9.17, 15) is 9.18 Å². The Kier molecular flexibility index (Phi) is 3.92. The van der Waals surface area contributed by atoms with E-state index in [2.05, 4.69) is 20.9 Å². The number of carbonyl (C=O) groups is 1. The van der Waals surface area contributed by atoms with Crippen LogP contribution in [0.15, 0.2) is 24.5 Å². The van der Waals surface area contributed by atoms with Gasteiger partial charge in [0, 0.05) is 19.2 Å². The number of halogens is 1. The molecule has 1 aliphatic heterocycles. The molecule has 1 aromatic carbocycles. The molecule has 1 aromatic heterocycles. The molecular formula is C14H16FN5O. The third kappa shape index (κ3) is 3.08. The van der Waals surface area contributed by atoms with Gasteiger partial charge < -0.3 is 10.6 Å². The van der Waals surface area contributed by atoms with Gasteiger partial charge in [-0.3, -0.25) is 9.48 Å². The SMILES string of the molecule is O=C(CCn1ccnn1)Nc1ccc2c(c1F)CCNC2. The van der Waals surface area contributed by atoms with Gasteiger partial charge in [0.05, 0.1) is 18.4 Å². The third-order valence-corrected chi connectivity index (χ3v) is 3.52. The van der Waals surface area contributed by atoms with E-state index in [0.29, 0.717) is 25.1 Å². The van der Waals surface area contributed by atoms with Crippen LogP contribution in [0.1, 0.15) is 17.5 Å². The lowest BCUT2D eigenvalue weighted by molar-refractivity contribution is -0.116. The van der Waals surface area contributed by atoms with Crippen LogP contribution in [0, 0.1) is 5.82 Å². The van der Waals surface area contributed by atoms with Crippen molar-refractivity contribution in [2.24, 2.45) is 0 Å². The van der Waals surface area contributed by atoms with E-state index in [0.717, 1.165) is 12.1 Å². The monoisotopic (exact) mass is 289 g/mol. The molecule has 0 aliphatic carbocycles. The van der Waals surface area contributed by atoms with Crippen LogP contribution in [0.4, 0.5) is 10.1 Å². The van der Waals surface area contributed by atoms with Crippen LogP contribution in [0.3, 0.4) is 0 Å². The number of anilines is 1. The Balaban J connectivity index is 1.65. The van der Waals surface area contributed by atoms with E-state index in [-0.39, 0.29) is 23.8 Å². The molecule has 6 nitrogen and oxygen atoms in total. The second kappa shape index (κ2) is 6.01. The summed E-state index contributed by atoms with van der Waals surface area (Å²) >= 11 is 0. The fourth-order valence-electron chi connectivity index (χ4n) is 2.41. The molecule has 0 bridgehead atoms. The Morgan fingerprint density at radius 2 is 2.38 bits per heavy atom. The van der Waals surface area contributed by atoms with Gasteiger partial charge in [-0.1, -0.05) is 11.3 Å². The first-order chi connectivity index (χ1) is 10.2. The van der Waals surface area contributed by atoms with Crippen molar-refractivity contribution in [3.05, 3.63) is 41.5 Å². The zero-order valence-corrected chi connectivity index (χ0v) is 11.5. The molecular weight excluding hydrogens is 273 g/mol. The van der Waals surface area contributed by atoms with Gasteiger partial charge in [-0.25, -0.2) is 4.39 Å². The molecule has 1 amide bonds. The molecule has 2 heterocycles. The van der Waals surface area contributed by atoms with Gasteiger partial charge in [0.15, 0.2) is 0 Å². The second-order valence-electron chi connectivity index (χ2n) is 4.96. The number of hydrogen-bond donors (Lipinski definition) is 2. The first-order valence-electron chi connectivity index (χ1n) is 6.89. The molecule has 110 valence electrons. The number of fused-ring (bicyclic) bond motifs is 1. The van der Waals surface area contributed by atoms with Gasteiger partial charge in [-0.05, 0) is 30.2 Å². The van der Waals surface area contributed by atoms with E-state index in [4.69, 9.17) is 0 Å². The molecule has 0 atom stereocenters. The Hall–Kier alpha value is -2.28. The number of rotatable bonds is 4. The fourth-order valence-corrected chi connectivity index (χ4v) is 2.41. The summed E-state index contributed by atoms with van der Waals surface area (Å²) in [7, 11) is 0. The fraction of sp³-hybridized carbons (Fsp3) is 0.357. The van der Waals surface area contributed by atoms with Crippen LogP contribution in [0.5, 0.6) is 0 Å². The number of benzene rings is 1. The van der Waals surface area contributed by atoms with Gasteiger partial charge >= 0.3 is 0 Å². The first kappa shape index (κ1) is 13.7. The van der Waals surface area contributed by atoms with Crippen LogP contribution in [-0.2, 0) is 24.3 Å². The number of aromatic nitrogens is 3. The van der Waals surface area contributed by atoms with Gasteiger partial charge in [-0.2, -0.15) is 0 Å². The highest BCUT2D eigenvalue weighted by Gasteiger charge is 2.17. The van der Waals surface area contributed by atoms with E-state index < -0.39 is 0 Å². The van der Waals surface area contributed by atoms with Crippen LogP contribution < -0.4 is 10.6 Å². The largest absolute Gasteiger partial charge is 0.324 e. The minimum absolute atomic E-state index is 0.224. The highest BCUT2D eigenvalue weighted by atomic mass is 19.1. The number of nitrogens with zero attached hydrogens (tertiary/aromatic N) is 3. The molecule has 1 aliphatic rings. The quantitative estimate of drug-likeness (QED) is 0.884. The summed E-state index contributed by atoms with van der Waals surface area (Å²) < 4.78 is 15.9. The summed E-state index contributed by atoms with van der Waals surface area (Å²) in [5, 5.41) is 13.3. The van der Waals surface area contributed by atoms with Crippen molar-refractivity contribution in [2.45, 2.75) is 25.9 Å². The van der Waals surface area contributed by atoms with Crippen molar-refractivity contribution in [3.8, 4) is 0 Å². The minimum atomic E-state index is -0.317. The molecule has 2 N–H and O–H groups in total. The maximum absolute atomic E-state index is 14.4. The topological polar surface area (TPSA) is 71.8 Å². The lowest BCUT2D eigenvalue weighted by atomic mass is 9.99. The second-order valence-corrected chi connectivity index (χ2v) is 4.96. The van der Waals surface area contributed by atoms with Gasteiger partial charge in [-0.15, -0.1) is 5.10 Å². The van der Waals surface area contributed by atoms with Crippen molar-refractivity contribution >= 4 is 11.6 Å². The molecule has 0 fully saturated rings. The van der Waals surface area contributed by atoms with E-state index in [1.165, 1.54) is 0 Å². The van der Waals surface area contributed by atoms with Gasteiger partial charge in [0.25, 0.3) is 0 Å². The molecule has 0 saturated heterocycles. The normalized spacial score (nSPS) is 13.8. The Morgan fingerprint density at radius 3 is 3.19 bits per heavy atom. The predicted molar refractivity (Wildman–Crippen MR) is 75.1 cm³/mol. The summed E-state index contributed by atoms with van der Waals surface area (Å²) in [6.45, 7) is 1.85. The number of hydrogen-bond acceptors (Lipinski definition) is 4. The lowest BCUT2D eigenvalue weighted by Gasteiger charge is -2.19. The minimum Gasteiger partial charge on any atom is -0.324 e. The average Bonchev–Trinajstić information content (AvgIpc) is 3.02. The molecule has 0 radical (unpaired) electrons. The molecule has 0 saturated carbocycles. The molecule has 7 heteroatoms. The predicted octanol–water partition coefficient (Wildman–Crippen LogP) is 1.09. The average molecular weight is 289 g/mol. The molecule has 2 aromatic rings. The maximum Gasteiger partial charge on any atom is 0.226 e. The van der Waals surface area contributed by atoms with Gasteiger partial charge in [0.2, 0.25) is 5.91 Å².